The average molecular weight is 190 g/mol. The smallest absolute Gasteiger partial charge is 0.123 e. The molecule has 0 fully saturated rings. The normalized spacial score (nSPS) is 10.5. The van der Waals surface area contributed by atoms with Crippen molar-refractivity contribution in [3.8, 4) is 11.1 Å². The Morgan fingerprint density at radius 2 is 2.00 bits per heavy atom. The highest BCUT2D eigenvalue weighted by Crippen LogP contribution is 2.25. The summed E-state index contributed by atoms with van der Waals surface area (Å²) >= 11 is 0. The van der Waals surface area contributed by atoms with E-state index < -0.39 is 0 Å². The molecule has 1 aromatic heterocycles. The maximum atomic E-state index is 12.9. The number of H-pyrrole nitrogens is 1. The number of rotatable bonds is 1. The molecule has 1 aromatic carbocycles. The minimum absolute atomic E-state index is 0.201. The Kier molecular flexibility index (Phi) is 2.08. The van der Waals surface area contributed by atoms with E-state index in [2.05, 4.69) is 10.2 Å². The lowest BCUT2D eigenvalue weighted by molar-refractivity contribution is 0.627. The van der Waals surface area contributed by atoms with Crippen molar-refractivity contribution in [2.45, 2.75) is 13.8 Å². The minimum atomic E-state index is -0.201. The third-order valence-electron chi connectivity index (χ3n) is 2.31. The van der Waals surface area contributed by atoms with E-state index in [9.17, 15) is 4.39 Å². The molecular weight excluding hydrogens is 179 g/mol. The first-order chi connectivity index (χ1) is 6.68. The Morgan fingerprint density at radius 1 is 1.21 bits per heavy atom. The molecule has 14 heavy (non-hydrogen) atoms. The fourth-order valence-electron chi connectivity index (χ4n) is 1.55. The SMILES string of the molecule is Cc1cc(F)ccc1-c1cn[nH]c1C. The molecule has 0 saturated heterocycles. The Bertz CT molecular complexity index is 460. The summed E-state index contributed by atoms with van der Waals surface area (Å²) in [6.07, 6.45) is 1.76. The molecule has 3 heteroatoms. The highest BCUT2D eigenvalue weighted by atomic mass is 19.1. The summed E-state index contributed by atoms with van der Waals surface area (Å²) in [5, 5.41) is 6.81. The van der Waals surface area contributed by atoms with Gasteiger partial charge in [0.25, 0.3) is 0 Å². The van der Waals surface area contributed by atoms with E-state index in [0.29, 0.717) is 0 Å². The molecule has 0 radical (unpaired) electrons. The molecule has 2 nitrogen and oxygen atoms in total. The van der Waals surface area contributed by atoms with Crippen molar-refractivity contribution in [1.82, 2.24) is 10.2 Å². The van der Waals surface area contributed by atoms with Crippen LogP contribution in [0, 0.1) is 19.7 Å². The van der Waals surface area contributed by atoms with Crippen molar-refractivity contribution in [3.05, 3.63) is 41.5 Å². The summed E-state index contributed by atoms with van der Waals surface area (Å²) in [5.41, 5.74) is 3.98. The van der Waals surface area contributed by atoms with Crippen LogP contribution in [-0.2, 0) is 0 Å². The monoisotopic (exact) mass is 190 g/mol. The summed E-state index contributed by atoms with van der Waals surface area (Å²) < 4.78 is 12.9. The Balaban J connectivity index is 2.58. The number of aromatic amines is 1. The van der Waals surface area contributed by atoms with Crippen molar-refractivity contribution in [3.63, 3.8) is 0 Å². The van der Waals surface area contributed by atoms with E-state index in [1.807, 2.05) is 13.8 Å². The lowest BCUT2D eigenvalue weighted by atomic mass is 10.0. The zero-order valence-corrected chi connectivity index (χ0v) is 8.13. The third-order valence-corrected chi connectivity index (χ3v) is 2.31. The maximum Gasteiger partial charge on any atom is 0.123 e. The van der Waals surface area contributed by atoms with Gasteiger partial charge in [0.1, 0.15) is 5.82 Å². The van der Waals surface area contributed by atoms with Crippen LogP contribution in [0.5, 0.6) is 0 Å². The van der Waals surface area contributed by atoms with E-state index in [1.54, 1.807) is 12.3 Å². The number of aromatic nitrogens is 2. The quantitative estimate of drug-likeness (QED) is 0.736. The van der Waals surface area contributed by atoms with Gasteiger partial charge in [0.15, 0.2) is 0 Å². The van der Waals surface area contributed by atoms with Gasteiger partial charge in [0, 0.05) is 11.3 Å². The highest BCUT2D eigenvalue weighted by Gasteiger charge is 2.06. The Morgan fingerprint density at radius 3 is 2.57 bits per heavy atom. The molecule has 72 valence electrons. The van der Waals surface area contributed by atoms with Crippen molar-refractivity contribution in [2.24, 2.45) is 0 Å². The van der Waals surface area contributed by atoms with Crippen LogP contribution >= 0.6 is 0 Å². The van der Waals surface area contributed by atoms with Crippen molar-refractivity contribution >= 4 is 0 Å². The molecule has 0 amide bonds. The van der Waals surface area contributed by atoms with Crippen LogP contribution in [-0.4, -0.2) is 10.2 Å². The summed E-state index contributed by atoms with van der Waals surface area (Å²) in [6.45, 7) is 3.84. The second kappa shape index (κ2) is 3.25. The largest absolute Gasteiger partial charge is 0.282 e. The first-order valence-corrected chi connectivity index (χ1v) is 4.45. The average Bonchev–Trinajstić information content (AvgIpc) is 2.52. The first-order valence-electron chi connectivity index (χ1n) is 4.45. The van der Waals surface area contributed by atoms with Crippen LogP contribution in [0.1, 0.15) is 11.3 Å². The summed E-state index contributed by atoms with van der Waals surface area (Å²) in [4.78, 5) is 0. The van der Waals surface area contributed by atoms with Crippen LogP contribution in [0.2, 0.25) is 0 Å². The molecule has 0 spiro atoms. The second-order valence-electron chi connectivity index (χ2n) is 3.37. The highest BCUT2D eigenvalue weighted by molar-refractivity contribution is 5.68. The molecular formula is C11H11FN2. The molecule has 2 aromatic rings. The Hall–Kier alpha value is -1.64. The van der Waals surface area contributed by atoms with Gasteiger partial charge >= 0.3 is 0 Å². The number of aryl methyl sites for hydroxylation is 2. The molecule has 0 aliphatic heterocycles. The standard InChI is InChI=1S/C11H11FN2/c1-7-5-9(12)3-4-10(7)11-6-13-14-8(11)2/h3-6H,1-2H3,(H,13,14). The fourth-order valence-corrected chi connectivity index (χ4v) is 1.55. The molecule has 0 unspecified atom stereocenters. The topological polar surface area (TPSA) is 28.7 Å². The fraction of sp³-hybridized carbons (Fsp3) is 0.182. The number of hydrogen-bond donors (Lipinski definition) is 1. The molecule has 0 aliphatic rings. The van der Waals surface area contributed by atoms with Gasteiger partial charge in [0.2, 0.25) is 0 Å². The lowest BCUT2D eigenvalue weighted by Gasteiger charge is -2.03. The van der Waals surface area contributed by atoms with Crippen LogP contribution in [0.15, 0.2) is 24.4 Å². The lowest BCUT2D eigenvalue weighted by Crippen LogP contribution is -1.85. The number of benzene rings is 1. The minimum Gasteiger partial charge on any atom is -0.282 e. The van der Waals surface area contributed by atoms with Gasteiger partial charge in [-0.05, 0) is 37.1 Å². The molecule has 0 aliphatic carbocycles. The molecule has 0 saturated carbocycles. The van der Waals surface area contributed by atoms with Gasteiger partial charge in [-0.3, -0.25) is 5.10 Å². The first kappa shape index (κ1) is 8.94. The van der Waals surface area contributed by atoms with E-state index in [0.717, 1.165) is 22.4 Å². The van der Waals surface area contributed by atoms with Crippen LogP contribution in [0.3, 0.4) is 0 Å². The van der Waals surface area contributed by atoms with Gasteiger partial charge in [-0.25, -0.2) is 4.39 Å². The van der Waals surface area contributed by atoms with E-state index in [1.165, 1.54) is 12.1 Å². The summed E-state index contributed by atoms with van der Waals surface area (Å²) in [7, 11) is 0. The molecule has 1 N–H and O–H groups in total. The van der Waals surface area contributed by atoms with E-state index in [-0.39, 0.29) is 5.82 Å². The molecule has 0 atom stereocenters. The zero-order chi connectivity index (χ0) is 10.1. The van der Waals surface area contributed by atoms with Gasteiger partial charge in [0.05, 0.1) is 6.20 Å². The number of halogens is 1. The number of nitrogens with one attached hydrogen (secondary N) is 1. The molecule has 0 bridgehead atoms. The van der Waals surface area contributed by atoms with Crippen LogP contribution in [0.25, 0.3) is 11.1 Å². The van der Waals surface area contributed by atoms with Crippen molar-refractivity contribution < 1.29 is 4.39 Å². The predicted octanol–water partition coefficient (Wildman–Crippen LogP) is 2.83. The summed E-state index contributed by atoms with van der Waals surface area (Å²) in [6, 6.07) is 4.78. The summed E-state index contributed by atoms with van der Waals surface area (Å²) in [5.74, 6) is -0.201. The van der Waals surface area contributed by atoms with Gasteiger partial charge in [-0.2, -0.15) is 5.10 Å². The second-order valence-corrected chi connectivity index (χ2v) is 3.37. The van der Waals surface area contributed by atoms with Crippen molar-refractivity contribution in [2.75, 3.05) is 0 Å². The van der Waals surface area contributed by atoms with Gasteiger partial charge in [-0.1, -0.05) is 6.07 Å². The number of hydrogen-bond acceptors (Lipinski definition) is 1. The predicted molar refractivity (Wildman–Crippen MR) is 53.5 cm³/mol. The maximum absolute atomic E-state index is 12.9. The number of nitrogens with zero attached hydrogens (tertiary/aromatic N) is 1. The molecule has 1 heterocycles. The van der Waals surface area contributed by atoms with Crippen molar-refractivity contribution in [1.29, 1.82) is 0 Å². The van der Waals surface area contributed by atoms with Gasteiger partial charge in [-0.15, -0.1) is 0 Å². The van der Waals surface area contributed by atoms with Crippen LogP contribution in [0.4, 0.5) is 4.39 Å². The van der Waals surface area contributed by atoms with Crippen LogP contribution < -0.4 is 0 Å². The van der Waals surface area contributed by atoms with E-state index in [4.69, 9.17) is 0 Å². The van der Waals surface area contributed by atoms with Gasteiger partial charge < -0.3 is 0 Å². The third kappa shape index (κ3) is 1.41. The zero-order valence-electron chi connectivity index (χ0n) is 8.13. The molecule has 2 rings (SSSR count). The van der Waals surface area contributed by atoms with E-state index >= 15 is 0 Å². The Labute approximate surface area is 81.8 Å².